The van der Waals surface area contributed by atoms with Gasteiger partial charge in [0.05, 0.1) is 19.1 Å². The van der Waals surface area contributed by atoms with E-state index in [4.69, 9.17) is 11.5 Å². The average molecular weight is 830 g/mol. The fourth-order valence-corrected chi connectivity index (χ4v) is 7.69. The number of rotatable bonds is 14. The number of likely N-dealkylation sites (N-methyl/N-ethyl adjacent to an activating group) is 1. The quantitative estimate of drug-likeness (QED) is 0.125. The third-order valence-corrected chi connectivity index (χ3v) is 11.9. The first-order valence-electron chi connectivity index (χ1n) is 20.1. The summed E-state index contributed by atoms with van der Waals surface area (Å²) in [7, 11) is 1.51. The van der Waals surface area contributed by atoms with E-state index in [9.17, 15) is 38.7 Å². The highest BCUT2D eigenvalue weighted by atomic mass is 32.2. The molecule has 11 N–H and O–H groups in total. The van der Waals surface area contributed by atoms with Crippen molar-refractivity contribution in [2.24, 2.45) is 23.3 Å². The lowest BCUT2D eigenvalue weighted by atomic mass is 9.94. The summed E-state index contributed by atoms with van der Waals surface area (Å²) in [6.07, 6.45) is 3.31. The van der Waals surface area contributed by atoms with Gasteiger partial charge in [0.15, 0.2) is 0 Å². The Morgan fingerprint density at radius 1 is 0.879 bits per heavy atom. The highest BCUT2D eigenvalue weighted by molar-refractivity contribution is 7.99. The first-order chi connectivity index (χ1) is 27.6. The van der Waals surface area contributed by atoms with E-state index in [1.807, 2.05) is 38.1 Å². The number of fused-ring (bicyclic) bond motifs is 1. The summed E-state index contributed by atoms with van der Waals surface area (Å²) in [6, 6.07) is 0.972. The number of carbonyl (C=O) groups is 7. The van der Waals surface area contributed by atoms with Gasteiger partial charge in [0, 0.05) is 42.7 Å². The molecule has 322 valence electrons. The van der Waals surface area contributed by atoms with Crippen LogP contribution in [0.3, 0.4) is 0 Å². The number of nitrogens with zero attached hydrogens (tertiary/aromatic N) is 1. The molecule has 2 heterocycles. The van der Waals surface area contributed by atoms with E-state index in [-0.39, 0.29) is 25.9 Å². The largest absolute Gasteiger partial charge is 0.394 e. The van der Waals surface area contributed by atoms with Gasteiger partial charge in [0.25, 0.3) is 0 Å². The molecule has 2 unspecified atom stereocenters. The number of thioether (sulfide) groups is 1. The van der Waals surface area contributed by atoms with Gasteiger partial charge in [0.2, 0.25) is 41.4 Å². The topological polar surface area (TPSA) is 271 Å². The number of hydrogen-bond acceptors (Lipinski definition) is 10. The number of nitrogens with two attached hydrogens (primary N) is 2. The van der Waals surface area contributed by atoms with Gasteiger partial charge in [-0.3, -0.25) is 33.6 Å². The molecule has 1 aromatic carbocycles. The van der Waals surface area contributed by atoms with Crippen molar-refractivity contribution < 1.29 is 38.7 Å². The van der Waals surface area contributed by atoms with Gasteiger partial charge in [-0.15, -0.1) is 0 Å². The molecule has 0 aliphatic carbocycles. The second-order valence-corrected chi connectivity index (χ2v) is 16.3. The molecular formula is C40H63N9O8S. The average Bonchev–Trinajstić information content (AvgIpc) is 3.61. The number of hydrogen-bond donors (Lipinski definition) is 9. The number of benzene rings is 1. The molecule has 1 saturated heterocycles. The van der Waals surface area contributed by atoms with Gasteiger partial charge in [0.1, 0.15) is 30.2 Å². The lowest BCUT2D eigenvalue weighted by Crippen LogP contribution is -2.62. The predicted octanol–water partition coefficient (Wildman–Crippen LogP) is 0.187. The molecule has 0 radical (unpaired) electrons. The van der Waals surface area contributed by atoms with Crippen molar-refractivity contribution in [1.29, 1.82) is 0 Å². The number of nitrogens with one attached hydrogen (secondary N) is 6. The van der Waals surface area contributed by atoms with Gasteiger partial charge < -0.3 is 53.0 Å². The second-order valence-electron chi connectivity index (χ2n) is 15.1. The van der Waals surface area contributed by atoms with Crippen molar-refractivity contribution in [3.05, 3.63) is 36.0 Å². The van der Waals surface area contributed by atoms with Crippen LogP contribution >= 0.6 is 11.8 Å². The molecule has 1 aliphatic heterocycles. The maximum Gasteiger partial charge on any atom is 0.245 e. The number of aliphatic hydroxyl groups excluding tert-OH is 1. The van der Waals surface area contributed by atoms with Gasteiger partial charge in [-0.05, 0) is 55.0 Å². The molecule has 1 aliphatic rings. The minimum atomic E-state index is -1.50. The fraction of sp³-hybridized carbons (Fsp3) is 0.625. The maximum atomic E-state index is 14.1. The molecule has 18 heteroatoms. The van der Waals surface area contributed by atoms with E-state index < -0.39 is 95.9 Å². The summed E-state index contributed by atoms with van der Waals surface area (Å²) in [5, 5.41) is 24.7. The number of aliphatic hydroxyl groups is 1. The first kappa shape index (κ1) is 47.7. The van der Waals surface area contributed by atoms with Crippen LogP contribution in [0.5, 0.6) is 0 Å². The number of para-hydroxylation sites is 1. The van der Waals surface area contributed by atoms with Crippen molar-refractivity contribution in [1.82, 2.24) is 36.5 Å². The number of aromatic nitrogens is 1. The number of amides is 7. The predicted molar refractivity (Wildman–Crippen MR) is 223 cm³/mol. The fourth-order valence-electron chi connectivity index (χ4n) is 6.75. The van der Waals surface area contributed by atoms with E-state index in [1.165, 1.54) is 23.7 Å². The Labute approximate surface area is 344 Å². The highest BCUT2D eigenvalue weighted by Gasteiger charge is 2.37. The van der Waals surface area contributed by atoms with Crippen LogP contribution in [-0.2, 0) is 40.0 Å². The normalized spacial score (nSPS) is 23.6. The zero-order valence-corrected chi connectivity index (χ0v) is 35.1. The molecule has 1 fully saturated rings. The lowest BCUT2D eigenvalue weighted by Gasteiger charge is -2.32. The molecular weight excluding hydrogens is 767 g/mol. The number of H-pyrrole nitrogens is 1. The maximum absolute atomic E-state index is 14.1. The Balaban J connectivity index is 2.04. The van der Waals surface area contributed by atoms with Gasteiger partial charge >= 0.3 is 0 Å². The van der Waals surface area contributed by atoms with Crippen LogP contribution in [0.25, 0.3) is 10.9 Å². The summed E-state index contributed by atoms with van der Waals surface area (Å²) in [5.74, 6) is -4.90. The Bertz CT molecular complexity index is 1720. The summed E-state index contributed by atoms with van der Waals surface area (Å²) < 4.78 is 0. The molecule has 7 amide bonds. The molecule has 8 atom stereocenters. The van der Waals surface area contributed by atoms with E-state index in [1.54, 1.807) is 20.0 Å². The first-order valence-corrected chi connectivity index (χ1v) is 21.3. The third-order valence-electron chi connectivity index (χ3n) is 10.9. The summed E-state index contributed by atoms with van der Waals surface area (Å²) in [4.78, 5) is 100. The number of aromatic amines is 1. The van der Waals surface area contributed by atoms with Crippen molar-refractivity contribution in [3.63, 3.8) is 0 Å². The highest BCUT2D eigenvalue weighted by Crippen LogP contribution is 2.21. The van der Waals surface area contributed by atoms with E-state index in [0.29, 0.717) is 43.7 Å². The Hall–Kier alpha value is -4.68. The van der Waals surface area contributed by atoms with Crippen LogP contribution in [0.1, 0.15) is 78.2 Å². The molecule has 0 bridgehead atoms. The molecule has 58 heavy (non-hydrogen) atoms. The van der Waals surface area contributed by atoms with Crippen molar-refractivity contribution in [2.45, 2.75) is 115 Å². The van der Waals surface area contributed by atoms with E-state index >= 15 is 0 Å². The van der Waals surface area contributed by atoms with Crippen LogP contribution < -0.4 is 38.1 Å². The van der Waals surface area contributed by atoms with Gasteiger partial charge in [-0.1, -0.05) is 58.7 Å². The zero-order chi connectivity index (χ0) is 42.9. The molecule has 17 nitrogen and oxygen atoms in total. The third kappa shape index (κ3) is 13.7. The van der Waals surface area contributed by atoms with E-state index in [2.05, 4.69) is 31.6 Å². The van der Waals surface area contributed by atoms with Crippen molar-refractivity contribution in [2.75, 3.05) is 31.7 Å². The van der Waals surface area contributed by atoms with Crippen LogP contribution in [0.15, 0.2) is 30.5 Å². The molecule has 1 aromatic heterocycles. The Kier molecular flexibility index (Phi) is 19.5. The zero-order valence-electron chi connectivity index (χ0n) is 34.3. The molecule has 0 saturated carbocycles. The van der Waals surface area contributed by atoms with E-state index in [0.717, 1.165) is 16.5 Å². The van der Waals surface area contributed by atoms with Crippen LogP contribution in [0.4, 0.5) is 0 Å². The standard InChI is InChI=1S/C40H63N9O8S/c1-6-23(3)34-38(55)46-31(20-32(42)51)36(53)45-29(40(57)49(5)26(22-50)11-10-16-41)14-17-58-18-15-33(52)44-30(19-25-21-43-28-13-9-8-12-27(25)28)37(54)47-35(24(4)7-2)39(56)48-34/h8-9,12-13,21,23-24,26,29-31,34-35,43,50H,6-7,10-11,14-20,22,41H2,1-5H3,(H2,42,51)(H,44,52)(H,45,53)(H,46,55)(H,47,54)(H,48,56)/t23-,24+,26+,29?,30?,31+,34+,35+/m1/s1. The SMILES string of the molecule is CC[C@@H](C)[C@@H]1NC(=O)[C@H]([C@@H](C)CC)NC(=O)C(Cc2c[nH]c3ccccc23)NC(=O)CCSCCC(C(=O)N(C)[C@H](CO)CCCN)NC(=O)[C@H](CC(N)=O)NC1=O. The van der Waals surface area contributed by atoms with Crippen LogP contribution in [-0.4, -0.2) is 124 Å². The minimum Gasteiger partial charge on any atom is -0.394 e. The smallest absolute Gasteiger partial charge is 0.245 e. The van der Waals surface area contributed by atoms with Crippen LogP contribution in [0, 0.1) is 11.8 Å². The summed E-state index contributed by atoms with van der Waals surface area (Å²) in [5.41, 5.74) is 12.8. The second kappa shape index (κ2) is 23.7. The number of primary amides is 1. The Morgan fingerprint density at radius 3 is 2.12 bits per heavy atom. The molecule has 0 spiro atoms. The van der Waals surface area contributed by atoms with Gasteiger partial charge in [-0.25, -0.2) is 0 Å². The number of carbonyl (C=O) groups excluding carboxylic acids is 7. The molecule has 3 rings (SSSR count). The molecule has 2 aromatic rings. The Morgan fingerprint density at radius 2 is 1.50 bits per heavy atom. The van der Waals surface area contributed by atoms with Crippen molar-refractivity contribution in [3.8, 4) is 0 Å². The summed E-state index contributed by atoms with van der Waals surface area (Å²) in [6.45, 7) is 7.21. The minimum absolute atomic E-state index is 0.0253. The monoisotopic (exact) mass is 829 g/mol. The van der Waals surface area contributed by atoms with Crippen LogP contribution in [0.2, 0.25) is 0 Å². The van der Waals surface area contributed by atoms with Gasteiger partial charge in [-0.2, -0.15) is 11.8 Å². The lowest BCUT2D eigenvalue weighted by molar-refractivity contribution is -0.139. The summed E-state index contributed by atoms with van der Waals surface area (Å²) >= 11 is 1.35. The van der Waals surface area contributed by atoms with Crippen molar-refractivity contribution >= 4 is 64.0 Å².